The number of hydrogen-bond donors (Lipinski definition) is 0. The van der Waals surface area contributed by atoms with E-state index < -0.39 is 0 Å². The zero-order valence-corrected chi connectivity index (χ0v) is 42.8. The van der Waals surface area contributed by atoms with Gasteiger partial charge in [0.15, 0.2) is 0 Å². The van der Waals surface area contributed by atoms with Gasteiger partial charge < -0.3 is 33.7 Å². The molecule has 9 rings (SSSR count). The minimum Gasteiger partial charge on any atom is -0.657 e. The van der Waals surface area contributed by atoms with E-state index in [1.807, 2.05) is 19.1 Å². The van der Waals surface area contributed by atoms with E-state index in [2.05, 4.69) is 121 Å². The summed E-state index contributed by atoms with van der Waals surface area (Å²) in [4.78, 5) is 22.1. The fourth-order valence-electron chi connectivity index (χ4n) is 9.30. The Morgan fingerprint density at radius 3 is 1.17 bits per heavy atom. The summed E-state index contributed by atoms with van der Waals surface area (Å²) in [7, 11) is 0. The Bertz CT molecular complexity index is 3270. The molecule has 8 bridgehead atoms. The van der Waals surface area contributed by atoms with E-state index in [-0.39, 0.29) is 27.0 Å². The summed E-state index contributed by atoms with van der Waals surface area (Å²) in [6.45, 7) is 19.5. The minimum absolute atomic E-state index is 0. The first kappa shape index (κ1) is 49.2. The molecular weight excluding hydrogens is 951 g/mol. The van der Waals surface area contributed by atoms with Crippen LogP contribution in [0.1, 0.15) is 103 Å². The molecule has 0 atom stereocenters. The van der Waals surface area contributed by atoms with Crippen LogP contribution in [0.25, 0.3) is 88.6 Å². The number of unbranched alkanes of at least 4 members (excludes halogenated alkanes) is 4. The Balaban J connectivity index is 0.00000642. The Morgan fingerprint density at radius 2 is 0.754 bits per heavy atom. The van der Waals surface area contributed by atoms with Crippen LogP contribution < -0.4 is 33.7 Å². The molecule has 3 aromatic heterocycles. The van der Waals surface area contributed by atoms with Gasteiger partial charge in [-0.05, 0) is 130 Å². The van der Waals surface area contributed by atoms with Gasteiger partial charge in [-0.2, -0.15) is 0 Å². The Hall–Kier alpha value is -6.26. The molecule has 0 saturated heterocycles. The van der Waals surface area contributed by atoms with Gasteiger partial charge in [-0.3, -0.25) is 0 Å². The summed E-state index contributed by atoms with van der Waals surface area (Å²) < 4.78 is 33.0. The molecule has 0 spiro atoms. The van der Waals surface area contributed by atoms with Crippen LogP contribution in [0.5, 0.6) is 28.7 Å². The molecule has 0 fully saturated rings. The number of fused-ring (bicyclic) bond motifs is 20. The summed E-state index contributed by atoms with van der Waals surface area (Å²) >= 11 is 0. The maximum absolute atomic E-state index is 6.65. The summed E-state index contributed by atoms with van der Waals surface area (Å²) in [6, 6.07) is 25.0. The quantitative estimate of drug-likeness (QED) is 0.0472. The van der Waals surface area contributed by atoms with Crippen molar-refractivity contribution in [2.45, 2.75) is 107 Å². The Labute approximate surface area is 420 Å². The standard InChI is InChI=1S/C59H62N4O5.Pd/c1-9-14-27-64-47-22-19-36(6)52-39-32-40-53-37(7)20-23-48(65-28-15-10-2)56(53)43(61-40)34-45-58-50(67-30-17-12-4)25-26-51(68-31-18-13-5)59(58)46(63-45)35-44-57-49(66-29-16-11-3)24-21-38(8)54(57)41(62-44)33-42(60-39)55(47)52;/h19-26,32-35H,9-11,13-16,18,27-31H2,1-8H3;/q-2;+2. The first-order valence-corrected chi connectivity index (χ1v) is 24.6. The van der Waals surface area contributed by atoms with Crippen LogP contribution in [-0.4, -0.2) is 43.0 Å². The molecule has 0 N–H and O–H groups in total. The van der Waals surface area contributed by atoms with Crippen molar-refractivity contribution < 1.29 is 44.1 Å². The molecule has 5 heterocycles. The summed E-state index contributed by atoms with van der Waals surface area (Å²) in [5, 5.41) is 3.62. The molecule has 0 amide bonds. The smallest absolute Gasteiger partial charge is 0.657 e. The molecule has 2 aliphatic heterocycles. The van der Waals surface area contributed by atoms with Crippen molar-refractivity contribution in [3.63, 3.8) is 0 Å². The third kappa shape index (κ3) is 9.70. The number of rotatable bonds is 18. The number of nitrogens with zero attached hydrogens (tertiary/aromatic N) is 4. The van der Waals surface area contributed by atoms with Gasteiger partial charge in [-0.1, -0.05) is 77.5 Å². The van der Waals surface area contributed by atoms with Gasteiger partial charge >= 0.3 is 20.4 Å². The zero-order valence-electron chi connectivity index (χ0n) is 41.3. The minimum atomic E-state index is 0. The summed E-state index contributed by atoms with van der Waals surface area (Å²) in [6.07, 6.45) is 7.77. The third-order valence-electron chi connectivity index (χ3n) is 12.9. The maximum atomic E-state index is 6.65. The number of aromatic nitrogens is 4. The number of hydrogen-bond acceptors (Lipinski definition) is 7. The van der Waals surface area contributed by atoms with Gasteiger partial charge in [0.05, 0.1) is 60.3 Å². The summed E-state index contributed by atoms with van der Waals surface area (Å²) in [5.41, 5.74) is 13.1. The van der Waals surface area contributed by atoms with Gasteiger partial charge in [0, 0.05) is 27.3 Å². The van der Waals surface area contributed by atoms with Crippen LogP contribution in [0.2, 0.25) is 0 Å². The molecule has 0 radical (unpaired) electrons. The molecule has 69 heavy (non-hydrogen) atoms. The molecule has 0 saturated carbocycles. The van der Waals surface area contributed by atoms with E-state index in [0.29, 0.717) is 43.2 Å². The molecule has 358 valence electrons. The van der Waals surface area contributed by atoms with Crippen molar-refractivity contribution in [1.29, 1.82) is 0 Å². The maximum Gasteiger partial charge on any atom is 2.00 e. The normalized spacial score (nSPS) is 11.4. The summed E-state index contributed by atoms with van der Waals surface area (Å²) in [5.74, 6) is 9.81. The molecule has 7 aromatic rings. The van der Waals surface area contributed by atoms with Crippen LogP contribution in [-0.2, 0) is 20.4 Å². The molecule has 10 heteroatoms. The average molecular weight is 1010 g/mol. The first-order valence-electron chi connectivity index (χ1n) is 24.6. The van der Waals surface area contributed by atoms with Gasteiger partial charge in [0.25, 0.3) is 0 Å². The predicted octanol–water partition coefficient (Wildman–Crippen LogP) is 14.6. The largest absolute Gasteiger partial charge is 2.00 e. The second kappa shape index (κ2) is 22.0. The van der Waals surface area contributed by atoms with E-state index in [4.69, 9.17) is 43.6 Å². The van der Waals surface area contributed by atoms with E-state index in [9.17, 15) is 0 Å². The van der Waals surface area contributed by atoms with Gasteiger partial charge in [0.2, 0.25) is 0 Å². The van der Waals surface area contributed by atoms with Gasteiger partial charge in [-0.15, -0.1) is 28.0 Å². The van der Waals surface area contributed by atoms with Crippen molar-refractivity contribution in [1.82, 2.24) is 19.9 Å². The van der Waals surface area contributed by atoms with Gasteiger partial charge in [-0.25, -0.2) is 9.97 Å². The second-order valence-electron chi connectivity index (χ2n) is 17.8. The molecule has 2 aliphatic rings. The monoisotopic (exact) mass is 1010 g/mol. The average Bonchev–Trinajstić information content (AvgIpc) is 4.09. The van der Waals surface area contributed by atoms with Crippen molar-refractivity contribution in [2.75, 3.05) is 33.0 Å². The topological polar surface area (TPSA) is 100 Å². The molecular formula is C59H62N4O5Pd. The van der Waals surface area contributed by atoms with Crippen LogP contribution in [0.4, 0.5) is 0 Å². The SMILES string of the molecule is CC#CCOc1ccc(OCCCC)c2c3cc4nc(cc5[n-]c(cc6nc(cc([n-]3)c12)-c1c(OCCCC)ccc(C)c1-6)c1c(C)ccc(OCCCC)c51)-c1c(C)ccc(OCCCC)c1-4.[Pd+2]. The van der Waals surface area contributed by atoms with E-state index in [0.717, 1.165) is 169 Å². The van der Waals surface area contributed by atoms with Gasteiger partial charge in [0.1, 0.15) is 35.4 Å². The van der Waals surface area contributed by atoms with Crippen LogP contribution in [0, 0.1) is 32.6 Å². The van der Waals surface area contributed by atoms with Crippen molar-refractivity contribution in [3.05, 3.63) is 89.5 Å². The Morgan fingerprint density at radius 1 is 0.420 bits per heavy atom. The molecule has 4 aromatic carbocycles. The molecule has 0 unspecified atom stereocenters. The second-order valence-corrected chi connectivity index (χ2v) is 17.8. The number of benzene rings is 4. The van der Waals surface area contributed by atoms with Crippen LogP contribution >= 0.6 is 0 Å². The third-order valence-corrected chi connectivity index (χ3v) is 12.9. The molecule has 0 aliphatic carbocycles. The molecule has 9 nitrogen and oxygen atoms in total. The predicted molar refractivity (Wildman–Crippen MR) is 278 cm³/mol. The van der Waals surface area contributed by atoms with Crippen LogP contribution in [0.3, 0.4) is 0 Å². The van der Waals surface area contributed by atoms with E-state index >= 15 is 0 Å². The zero-order chi connectivity index (χ0) is 47.3. The number of aryl methyl sites for hydroxylation is 3. The van der Waals surface area contributed by atoms with Crippen molar-refractivity contribution >= 4 is 43.6 Å². The van der Waals surface area contributed by atoms with E-state index in [1.165, 1.54) is 0 Å². The Kier molecular flexibility index (Phi) is 15.7. The van der Waals surface area contributed by atoms with Crippen LogP contribution in [0.15, 0.2) is 72.8 Å². The van der Waals surface area contributed by atoms with E-state index in [1.54, 1.807) is 0 Å². The number of ether oxygens (including phenoxy) is 5. The van der Waals surface area contributed by atoms with Crippen molar-refractivity contribution in [3.8, 4) is 85.6 Å². The fourth-order valence-corrected chi connectivity index (χ4v) is 9.30. The first-order chi connectivity index (χ1) is 33.3. The fraction of sp³-hybridized carbons (Fsp3) is 0.356. The van der Waals surface area contributed by atoms with Crippen molar-refractivity contribution in [2.24, 2.45) is 0 Å².